The van der Waals surface area contributed by atoms with Gasteiger partial charge in [-0.15, -0.1) is 0 Å². The van der Waals surface area contributed by atoms with Crippen LogP contribution in [-0.2, 0) is 22.5 Å². The second kappa shape index (κ2) is 12.2. The molecule has 0 saturated carbocycles. The Morgan fingerprint density at radius 3 is 2.44 bits per heavy atom. The minimum atomic E-state index is -1.11. The summed E-state index contributed by atoms with van der Waals surface area (Å²) in [5.74, 6) is -0.979. The summed E-state index contributed by atoms with van der Waals surface area (Å²) in [6.07, 6.45) is 6.07. The molecule has 1 saturated heterocycles. The number of fused-ring (bicyclic) bond motifs is 1. The molecule has 232 valence electrons. The van der Waals surface area contributed by atoms with Gasteiger partial charge in [0.25, 0.3) is 0 Å². The maximum Gasteiger partial charge on any atom is 0.337 e. The Balaban J connectivity index is 1.54. The van der Waals surface area contributed by atoms with Crippen LogP contribution in [0.3, 0.4) is 0 Å². The normalized spacial score (nSPS) is 19.6. The number of aromatic nitrogens is 1. The molecule has 1 atom stereocenters. The van der Waals surface area contributed by atoms with E-state index in [1.807, 2.05) is 27.7 Å². The molecule has 7 nitrogen and oxygen atoms in total. The molecule has 7 heteroatoms. The molecule has 3 aliphatic heterocycles. The monoisotopic (exact) mass is 586 g/mol. The van der Waals surface area contributed by atoms with E-state index in [-0.39, 0.29) is 5.41 Å². The van der Waals surface area contributed by atoms with E-state index in [4.69, 9.17) is 9.72 Å². The van der Waals surface area contributed by atoms with Crippen LogP contribution in [0.4, 0.5) is 5.69 Å². The molecule has 0 aliphatic carbocycles. The summed E-state index contributed by atoms with van der Waals surface area (Å²) in [4.78, 5) is 27.3. The van der Waals surface area contributed by atoms with Crippen LogP contribution < -0.4 is 4.90 Å². The van der Waals surface area contributed by atoms with Gasteiger partial charge in [-0.25, -0.2) is 4.79 Å². The summed E-state index contributed by atoms with van der Waals surface area (Å²) >= 11 is 0. The second-order valence-corrected chi connectivity index (χ2v) is 14.5. The van der Waals surface area contributed by atoms with Crippen molar-refractivity contribution < 1.29 is 14.6 Å². The van der Waals surface area contributed by atoms with Gasteiger partial charge in [-0.2, -0.15) is 0 Å². The standard InChI is InChI=1S/C36H50N4O3/c1-9-29-18-25(20-37-29)21-39-15-12-26-19-27(10-11-28(26)22-39)30-23(2)38-24(3)31(33(34(41)42)43-35(4,5)6)32(30)40-16-13-36(7,8)14-17-40/h10-11,19-20,33H,9,12-18,21-22H2,1-8H3,(H,41,42)/t33-/m0/s1. The molecule has 1 fully saturated rings. The fraction of sp³-hybridized carbons (Fsp3) is 0.583. The van der Waals surface area contributed by atoms with Gasteiger partial charge in [0.15, 0.2) is 6.10 Å². The lowest BCUT2D eigenvalue weighted by atomic mass is 9.81. The lowest BCUT2D eigenvalue weighted by molar-refractivity contribution is -0.160. The van der Waals surface area contributed by atoms with E-state index < -0.39 is 17.7 Å². The fourth-order valence-corrected chi connectivity index (χ4v) is 6.79. The first kappa shape index (κ1) is 31.4. The van der Waals surface area contributed by atoms with Gasteiger partial charge in [-0.1, -0.05) is 39.0 Å². The highest BCUT2D eigenvalue weighted by molar-refractivity contribution is 5.89. The average molecular weight is 587 g/mol. The van der Waals surface area contributed by atoms with E-state index in [1.165, 1.54) is 22.4 Å². The Labute approximate surface area is 258 Å². The molecule has 2 aromatic rings. The van der Waals surface area contributed by atoms with Crippen molar-refractivity contribution >= 4 is 17.4 Å². The van der Waals surface area contributed by atoms with Crippen LogP contribution in [0.2, 0.25) is 0 Å². The van der Waals surface area contributed by atoms with Gasteiger partial charge in [0.05, 0.1) is 11.3 Å². The highest BCUT2D eigenvalue weighted by atomic mass is 16.5. The van der Waals surface area contributed by atoms with Crippen molar-refractivity contribution in [3.05, 3.63) is 58.1 Å². The Bertz CT molecular complexity index is 1440. The number of hydrogen-bond donors (Lipinski definition) is 1. The summed E-state index contributed by atoms with van der Waals surface area (Å²) in [7, 11) is 0. The van der Waals surface area contributed by atoms with Crippen molar-refractivity contribution in [2.75, 3.05) is 31.1 Å². The van der Waals surface area contributed by atoms with Gasteiger partial charge >= 0.3 is 5.97 Å². The van der Waals surface area contributed by atoms with Crippen LogP contribution in [0, 0.1) is 19.3 Å². The second-order valence-electron chi connectivity index (χ2n) is 14.5. The van der Waals surface area contributed by atoms with Crippen LogP contribution in [0.1, 0.15) is 101 Å². The van der Waals surface area contributed by atoms with E-state index in [1.54, 1.807) is 0 Å². The van der Waals surface area contributed by atoms with Crippen molar-refractivity contribution in [1.82, 2.24) is 9.88 Å². The summed E-state index contributed by atoms with van der Waals surface area (Å²) in [5, 5.41) is 10.5. The zero-order valence-corrected chi connectivity index (χ0v) is 27.5. The largest absolute Gasteiger partial charge is 0.479 e. The zero-order chi connectivity index (χ0) is 31.1. The molecular weight excluding hydrogens is 536 g/mol. The molecule has 0 amide bonds. The third-order valence-corrected chi connectivity index (χ3v) is 9.25. The number of carboxylic acids is 1. The number of aryl methyl sites for hydroxylation is 2. The van der Waals surface area contributed by atoms with Gasteiger partial charge in [0.2, 0.25) is 0 Å². The van der Waals surface area contributed by atoms with E-state index in [0.717, 1.165) is 93.0 Å². The molecule has 3 aliphatic rings. The maximum atomic E-state index is 12.8. The van der Waals surface area contributed by atoms with Crippen LogP contribution in [0.25, 0.3) is 11.1 Å². The number of carboxylic acid groups (broad SMARTS) is 1. The van der Waals surface area contributed by atoms with Crippen LogP contribution >= 0.6 is 0 Å². The molecule has 5 rings (SSSR count). The number of hydrogen-bond acceptors (Lipinski definition) is 6. The van der Waals surface area contributed by atoms with Gasteiger partial charge in [-0.05, 0) is 88.0 Å². The van der Waals surface area contributed by atoms with Gasteiger partial charge in [0, 0.05) is 73.6 Å². The van der Waals surface area contributed by atoms with Crippen molar-refractivity contribution in [2.24, 2.45) is 10.4 Å². The number of benzene rings is 1. The summed E-state index contributed by atoms with van der Waals surface area (Å²) in [5.41, 5.74) is 10.5. The number of aliphatic imine (C=N–C) groups is 1. The molecule has 0 spiro atoms. The smallest absolute Gasteiger partial charge is 0.337 e. The minimum Gasteiger partial charge on any atom is -0.479 e. The van der Waals surface area contributed by atoms with E-state index >= 15 is 0 Å². The molecule has 1 aromatic heterocycles. The van der Waals surface area contributed by atoms with Gasteiger partial charge in [0.1, 0.15) is 0 Å². The van der Waals surface area contributed by atoms with Crippen LogP contribution in [-0.4, -0.2) is 58.5 Å². The van der Waals surface area contributed by atoms with Crippen molar-refractivity contribution in [1.29, 1.82) is 0 Å². The van der Waals surface area contributed by atoms with Crippen molar-refractivity contribution in [3.63, 3.8) is 0 Å². The number of aliphatic carboxylic acids is 1. The number of rotatable bonds is 8. The van der Waals surface area contributed by atoms with E-state index in [9.17, 15) is 9.90 Å². The number of carbonyl (C=O) groups is 1. The highest BCUT2D eigenvalue weighted by Crippen LogP contribution is 2.45. The summed E-state index contributed by atoms with van der Waals surface area (Å²) in [6, 6.07) is 6.83. The van der Waals surface area contributed by atoms with Crippen molar-refractivity contribution in [2.45, 2.75) is 106 Å². The number of ether oxygens (including phenoxy) is 1. The topological polar surface area (TPSA) is 78.3 Å². The molecule has 0 bridgehead atoms. The minimum absolute atomic E-state index is 0.262. The lowest BCUT2D eigenvalue weighted by Gasteiger charge is -2.41. The highest BCUT2D eigenvalue weighted by Gasteiger charge is 2.36. The summed E-state index contributed by atoms with van der Waals surface area (Å²) < 4.78 is 6.26. The van der Waals surface area contributed by atoms with Gasteiger partial charge in [-0.3, -0.25) is 14.9 Å². The molecule has 0 unspecified atom stereocenters. The number of pyridine rings is 1. The number of nitrogens with zero attached hydrogens (tertiary/aromatic N) is 4. The quantitative estimate of drug-likeness (QED) is 0.347. The Morgan fingerprint density at radius 1 is 1.09 bits per heavy atom. The third-order valence-electron chi connectivity index (χ3n) is 9.25. The Kier molecular flexibility index (Phi) is 8.88. The van der Waals surface area contributed by atoms with Crippen molar-refractivity contribution in [3.8, 4) is 11.1 Å². The molecule has 0 radical (unpaired) electrons. The lowest BCUT2D eigenvalue weighted by Crippen LogP contribution is -2.39. The van der Waals surface area contributed by atoms with Crippen LogP contribution in [0.5, 0.6) is 0 Å². The summed E-state index contributed by atoms with van der Waals surface area (Å²) in [6.45, 7) is 21.2. The first-order valence-electron chi connectivity index (χ1n) is 16.0. The zero-order valence-electron chi connectivity index (χ0n) is 27.5. The van der Waals surface area contributed by atoms with E-state index in [2.05, 4.69) is 66.9 Å². The molecule has 43 heavy (non-hydrogen) atoms. The van der Waals surface area contributed by atoms with Crippen LogP contribution in [0.15, 0.2) is 35.0 Å². The molecule has 4 heterocycles. The molecule has 1 aromatic carbocycles. The first-order chi connectivity index (χ1) is 20.2. The maximum absolute atomic E-state index is 12.8. The average Bonchev–Trinajstić information content (AvgIpc) is 3.38. The molecule has 1 N–H and O–H groups in total. The number of piperidine rings is 1. The van der Waals surface area contributed by atoms with E-state index in [0.29, 0.717) is 5.56 Å². The van der Waals surface area contributed by atoms with Gasteiger partial charge < -0.3 is 14.7 Å². The SMILES string of the molecule is CCC1=NC=C(CN2CCc3cc(-c4c(C)nc(C)c([C@H](OC(C)(C)C)C(=O)O)c4N4CCC(C)(C)CC4)ccc3C2)C1. The number of anilines is 1. The predicted molar refractivity (Wildman–Crippen MR) is 175 cm³/mol. The Morgan fingerprint density at radius 2 is 1.81 bits per heavy atom. The predicted octanol–water partition coefficient (Wildman–Crippen LogP) is 7.43. The fourth-order valence-electron chi connectivity index (χ4n) is 6.79. The molecular formula is C36H50N4O3. The Hall–Kier alpha value is -3.03. The first-order valence-corrected chi connectivity index (χ1v) is 16.0. The third kappa shape index (κ3) is 7.04.